The SMILES string of the molecule is C=CC(=O)Nc1ccc(F)c(Nc2nc(Nc3cnn(C)c3)ncc2-c2ccnc(C)c2)c1. The Morgan fingerprint density at radius 3 is 2.70 bits per heavy atom. The number of amides is 1. The van der Waals surface area contributed by atoms with E-state index in [9.17, 15) is 9.18 Å². The maximum Gasteiger partial charge on any atom is 0.247 e. The molecule has 0 atom stereocenters. The maximum atomic E-state index is 14.6. The molecule has 0 saturated carbocycles. The van der Waals surface area contributed by atoms with Crippen LogP contribution in [0.15, 0.2) is 67.8 Å². The number of hydrogen-bond acceptors (Lipinski definition) is 7. The minimum Gasteiger partial charge on any atom is -0.337 e. The second kappa shape index (κ2) is 9.27. The molecule has 10 heteroatoms. The summed E-state index contributed by atoms with van der Waals surface area (Å²) in [5.41, 5.74) is 3.53. The molecule has 0 aliphatic heterocycles. The van der Waals surface area contributed by atoms with Crippen LogP contribution in [0.3, 0.4) is 0 Å². The zero-order valence-electron chi connectivity index (χ0n) is 18.0. The van der Waals surface area contributed by atoms with E-state index in [2.05, 4.69) is 42.6 Å². The maximum absolute atomic E-state index is 14.6. The third-order valence-corrected chi connectivity index (χ3v) is 4.63. The lowest BCUT2D eigenvalue weighted by Gasteiger charge is -2.14. The van der Waals surface area contributed by atoms with Gasteiger partial charge in [0.1, 0.15) is 11.6 Å². The lowest BCUT2D eigenvalue weighted by atomic mass is 10.1. The van der Waals surface area contributed by atoms with Crippen LogP contribution >= 0.6 is 0 Å². The van der Waals surface area contributed by atoms with Crippen molar-refractivity contribution in [2.45, 2.75) is 6.92 Å². The molecule has 0 radical (unpaired) electrons. The van der Waals surface area contributed by atoms with E-state index in [-0.39, 0.29) is 5.69 Å². The summed E-state index contributed by atoms with van der Waals surface area (Å²) in [6.07, 6.45) is 7.89. The Labute approximate surface area is 189 Å². The number of rotatable bonds is 7. The summed E-state index contributed by atoms with van der Waals surface area (Å²) in [6, 6.07) is 7.91. The first-order chi connectivity index (χ1) is 15.9. The Kier molecular flexibility index (Phi) is 6.07. The molecule has 1 amide bonds. The van der Waals surface area contributed by atoms with Gasteiger partial charge in [0.05, 0.1) is 17.6 Å². The standard InChI is InChI=1S/C23H21FN8O/c1-4-21(33)28-16-5-6-19(24)20(10-16)30-22-18(15-7-8-25-14(2)9-15)12-26-23(31-22)29-17-11-27-32(3)13-17/h4-13H,1H2,2-3H3,(H,28,33)(H2,26,29,30,31). The molecule has 4 aromatic rings. The summed E-state index contributed by atoms with van der Waals surface area (Å²) in [5, 5.41) is 12.9. The molecule has 4 rings (SSSR count). The summed E-state index contributed by atoms with van der Waals surface area (Å²) in [4.78, 5) is 24.8. The van der Waals surface area contributed by atoms with Crippen LogP contribution < -0.4 is 16.0 Å². The zero-order valence-corrected chi connectivity index (χ0v) is 18.0. The second-order valence-corrected chi connectivity index (χ2v) is 7.18. The summed E-state index contributed by atoms with van der Waals surface area (Å²) in [6.45, 7) is 5.30. The largest absolute Gasteiger partial charge is 0.337 e. The molecule has 0 spiro atoms. The van der Waals surface area contributed by atoms with Crippen LogP contribution in [-0.4, -0.2) is 30.6 Å². The van der Waals surface area contributed by atoms with Crippen LogP contribution in [0.25, 0.3) is 11.1 Å². The van der Waals surface area contributed by atoms with Gasteiger partial charge in [0.2, 0.25) is 11.9 Å². The molecular weight excluding hydrogens is 423 g/mol. The van der Waals surface area contributed by atoms with Crippen molar-refractivity contribution in [3.63, 3.8) is 0 Å². The molecule has 0 unspecified atom stereocenters. The van der Waals surface area contributed by atoms with Crippen LogP contribution in [0.4, 0.5) is 33.2 Å². The number of halogens is 1. The fourth-order valence-corrected chi connectivity index (χ4v) is 3.10. The number of hydrogen-bond donors (Lipinski definition) is 3. The predicted molar refractivity (Wildman–Crippen MR) is 125 cm³/mol. The number of pyridine rings is 1. The number of carbonyl (C=O) groups excluding carboxylic acids is 1. The van der Waals surface area contributed by atoms with E-state index in [1.54, 1.807) is 36.5 Å². The summed E-state index contributed by atoms with van der Waals surface area (Å²) in [5.74, 6) is -0.237. The van der Waals surface area contributed by atoms with Gasteiger partial charge < -0.3 is 16.0 Å². The van der Waals surface area contributed by atoms with E-state index in [4.69, 9.17) is 0 Å². The van der Waals surface area contributed by atoms with Gasteiger partial charge >= 0.3 is 0 Å². The third kappa shape index (κ3) is 5.18. The van der Waals surface area contributed by atoms with Crippen molar-refractivity contribution in [1.82, 2.24) is 24.7 Å². The van der Waals surface area contributed by atoms with E-state index in [1.165, 1.54) is 18.2 Å². The van der Waals surface area contributed by atoms with Crippen molar-refractivity contribution < 1.29 is 9.18 Å². The fraction of sp³-hybridized carbons (Fsp3) is 0.0870. The Hall–Kier alpha value is -4.60. The van der Waals surface area contributed by atoms with Crippen molar-refractivity contribution in [2.24, 2.45) is 7.05 Å². The average molecular weight is 444 g/mol. The van der Waals surface area contributed by atoms with Gasteiger partial charge in [-0.1, -0.05) is 6.58 Å². The fourth-order valence-electron chi connectivity index (χ4n) is 3.10. The highest BCUT2D eigenvalue weighted by Gasteiger charge is 2.14. The molecule has 0 saturated heterocycles. The van der Waals surface area contributed by atoms with Crippen LogP contribution in [-0.2, 0) is 11.8 Å². The molecule has 1 aromatic carbocycles. The van der Waals surface area contributed by atoms with Gasteiger partial charge in [-0.25, -0.2) is 9.37 Å². The summed E-state index contributed by atoms with van der Waals surface area (Å²) < 4.78 is 16.3. The number of nitrogens with one attached hydrogen (secondary N) is 3. The highest BCUT2D eigenvalue weighted by Crippen LogP contribution is 2.31. The zero-order chi connectivity index (χ0) is 23.4. The normalized spacial score (nSPS) is 10.5. The number of benzene rings is 1. The van der Waals surface area contributed by atoms with Crippen molar-refractivity contribution >= 4 is 34.7 Å². The van der Waals surface area contributed by atoms with Crippen molar-refractivity contribution in [1.29, 1.82) is 0 Å². The summed E-state index contributed by atoms with van der Waals surface area (Å²) in [7, 11) is 1.80. The molecule has 33 heavy (non-hydrogen) atoms. The number of carbonyl (C=O) groups is 1. The van der Waals surface area contributed by atoms with Crippen LogP contribution in [0.2, 0.25) is 0 Å². The van der Waals surface area contributed by atoms with Crippen LogP contribution in [0.5, 0.6) is 0 Å². The molecule has 0 fully saturated rings. The van der Waals surface area contributed by atoms with Gasteiger partial charge in [0.15, 0.2) is 0 Å². The Morgan fingerprint density at radius 1 is 1.12 bits per heavy atom. The van der Waals surface area contributed by atoms with Gasteiger partial charge in [-0.3, -0.25) is 14.5 Å². The topological polar surface area (TPSA) is 110 Å². The van der Waals surface area contributed by atoms with Gasteiger partial charge in [0, 0.05) is 42.6 Å². The van der Waals surface area contributed by atoms with Crippen LogP contribution in [0.1, 0.15) is 5.69 Å². The molecule has 0 aliphatic rings. The molecule has 9 nitrogen and oxygen atoms in total. The molecule has 0 aliphatic carbocycles. The number of anilines is 5. The second-order valence-electron chi connectivity index (χ2n) is 7.18. The van der Waals surface area contributed by atoms with Crippen LogP contribution in [0, 0.1) is 12.7 Å². The summed E-state index contributed by atoms with van der Waals surface area (Å²) >= 11 is 0. The van der Waals surface area contributed by atoms with E-state index >= 15 is 0 Å². The average Bonchev–Trinajstić information content (AvgIpc) is 3.20. The lowest BCUT2D eigenvalue weighted by molar-refractivity contribution is -0.111. The molecule has 0 bridgehead atoms. The minimum absolute atomic E-state index is 0.134. The van der Waals surface area contributed by atoms with Crippen molar-refractivity contribution in [2.75, 3.05) is 16.0 Å². The molecule has 3 heterocycles. The molecule has 166 valence electrons. The molecule has 3 N–H and O–H groups in total. The van der Waals surface area contributed by atoms with E-state index in [0.29, 0.717) is 28.7 Å². The molecule has 3 aromatic heterocycles. The Bertz CT molecular complexity index is 1330. The minimum atomic E-state index is -0.510. The first-order valence-electron chi connectivity index (χ1n) is 9.97. The number of nitrogens with zero attached hydrogens (tertiary/aromatic N) is 5. The van der Waals surface area contributed by atoms with Gasteiger partial charge in [-0.05, 0) is 48.9 Å². The van der Waals surface area contributed by atoms with E-state index in [1.807, 2.05) is 19.1 Å². The first-order valence-corrected chi connectivity index (χ1v) is 9.97. The highest BCUT2D eigenvalue weighted by atomic mass is 19.1. The smallest absolute Gasteiger partial charge is 0.247 e. The molecular formula is C23H21FN8O. The lowest BCUT2D eigenvalue weighted by Crippen LogP contribution is -2.08. The number of aromatic nitrogens is 5. The van der Waals surface area contributed by atoms with Crippen molar-refractivity contribution in [3.8, 4) is 11.1 Å². The highest BCUT2D eigenvalue weighted by molar-refractivity contribution is 5.99. The quantitative estimate of drug-likeness (QED) is 0.364. The van der Waals surface area contributed by atoms with Gasteiger partial charge in [-0.15, -0.1) is 0 Å². The Morgan fingerprint density at radius 2 is 1.97 bits per heavy atom. The van der Waals surface area contributed by atoms with Gasteiger partial charge in [-0.2, -0.15) is 10.1 Å². The predicted octanol–water partition coefficient (Wildman–Crippen LogP) is 4.33. The van der Waals surface area contributed by atoms with E-state index < -0.39 is 11.7 Å². The van der Waals surface area contributed by atoms with Crippen molar-refractivity contribution in [3.05, 3.63) is 79.3 Å². The third-order valence-electron chi connectivity index (χ3n) is 4.63. The Balaban J connectivity index is 1.74. The number of aryl methyl sites for hydroxylation is 2. The van der Waals surface area contributed by atoms with E-state index in [0.717, 1.165) is 17.3 Å². The monoisotopic (exact) mass is 444 g/mol. The van der Waals surface area contributed by atoms with Gasteiger partial charge in [0.25, 0.3) is 0 Å². The first kappa shape index (κ1) is 21.6.